The minimum atomic E-state index is -0.397. The topological polar surface area (TPSA) is 81.7 Å². The molecule has 0 aliphatic rings. The lowest BCUT2D eigenvalue weighted by Gasteiger charge is -2.03. The first kappa shape index (κ1) is 19.6. The molecule has 1 N–H and O–H groups in total. The number of nitrogens with one attached hydrogen (secondary N) is 1. The number of furan rings is 2. The maximum absolute atomic E-state index is 12.8. The second-order valence-electron chi connectivity index (χ2n) is 7.41. The number of para-hydroxylation sites is 1. The van der Waals surface area contributed by atoms with Crippen LogP contribution in [-0.4, -0.2) is 18.8 Å². The SMILES string of the molecule is COc1cccc2cc(C(=O)Nc3ccc4c(C)c(C(=O)c5ccccc5)oc4c3)oc12. The van der Waals surface area contributed by atoms with Gasteiger partial charge in [-0.15, -0.1) is 0 Å². The van der Waals surface area contributed by atoms with E-state index in [1.54, 1.807) is 43.5 Å². The number of rotatable bonds is 5. The van der Waals surface area contributed by atoms with Crippen molar-refractivity contribution in [1.29, 1.82) is 0 Å². The molecule has 6 heteroatoms. The molecule has 5 rings (SSSR count). The Morgan fingerprint density at radius 1 is 0.906 bits per heavy atom. The van der Waals surface area contributed by atoms with Crippen molar-refractivity contribution in [2.75, 3.05) is 12.4 Å². The Bertz CT molecular complexity index is 1480. The number of carbonyl (C=O) groups excluding carboxylic acids is 2. The van der Waals surface area contributed by atoms with Gasteiger partial charge in [-0.3, -0.25) is 9.59 Å². The monoisotopic (exact) mass is 425 g/mol. The minimum absolute atomic E-state index is 0.167. The minimum Gasteiger partial charge on any atom is -0.493 e. The summed E-state index contributed by atoms with van der Waals surface area (Å²) in [5, 5.41) is 4.41. The summed E-state index contributed by atoms with van der Waals surface area (Å²) in [6.45, 7) is 1.85. The lowest BCUT2D eigenvalue weighted by atomic mass is 10.0. The van der Waals surface area contributed by atoms with Gasteiger partial charge in [0.2, 0.25) is 5.78 Å². The Hall–Kier alpha value is -4.32. The predicted molar refractivity (Wildman–Crippen MR) is 122 cm³/mol. The molecule has 0 fully saturated rings. The van der Waals surface area contributed by atoms with Crippen molar-refractivity contribution < 1.29 is 23.2 Å². The van der Waals surface area contributed by atoms with E-state index in [0.29, 0.717) is 33.9 Å². The lowest BCUT2D eigenvalue weighted by molar-refractivity contribution is 0.0994. The van der Waals surface area contributed by atoms with Crippen molar-refractivity contribution in [3.63, 3.8) is 0 Å². The highest BCUT2D eigenvalue weighted by Gasteiger charge is 2.20. The zero-order valence-electron chi connectivity index (χ0n) is 17.5. The number of aryl methyl sites for hydroxylation is 1. The third-order valence-electron chi connectivity index (χ3n) is 5.39. The fourth-order valence-electron chi connectivity index (χ4n) is 3.74. The first-order valence-electron chi connectivity index (χ1n) is 10.1. The summed E-state index contributed by atoms with van der Waals surface area (Å²) < 4.78 is 16.9. The molecule has 0 spiro atoms. The molecule has 0 unspecified atom stereocenters. The number of amides is 1. The summed E-state index contributed by atoms with van der Waals surface area (Å²) in [5.41, 5.74) is 2.88. The van der Waals surface area contributed by atoms with Crippen LogP contribution in [0.3, 0.4) is 0 Å². The van der Waals surface area contributed by atoms with E-state index in [1.807, 2.05) is 43.3 Å². The van der Waals surface area contributed by atoms with Gasteiger partial charge in [0.1, 0.15) is 5.58 Å². The predicted octanol–water partition coefficient (Wildman–Crippen LogP) is 5.98. The highest BCUT2D eigenvalue weighted by Crippen LogP contribution is 2.31. The van der Waals surface area contributed by atoms with Crippen LogP contribution in [0.15, 0.2) is 81.6 Å². The quantitative estimate of drug-likeness (QED) is 0.350. The molecule has 1 amide bonds. The number of methoxy groups -OCH3 is 1. The molecule has 2 heterocycles. The number of ether oxygens (including phenoxy) is 1. The van der Waals surface area contributed by atoms with Gasteiger partial charge < -0.3 is 18.9 Å². The van der Waals surface area contributed by atoms with Gasteiger partial charge in [0.15, 0.2) is 22.9 Å². The van der Waals surface area contributed by atoms with Crippen molar-refractivity contribution in [2.24, 2.45) is 0 Å². The molecule has 5 aromatic rings. The molecule has 0 radical (unpaired) electrons. The smallest absolute Gasteiger partial charge is 0.291 e. The van der Waals surface area contributed by atoms with Gasteiger partial charge in [-0.05, 0) is 31.2 Å². The number of hydrogen-bond acceptors (Lipinski definition) is 5. The van der Waals surface area contributed by atoms with Gasteiger partial charge in [-0.25, -0.2) is 0 Å². The fraction of sp³-hybridized carbons (Fsp3) is 0.0769. The van der Waals surface area contributed by atoms with Crippen molar-refractivity contribution >= 4 is 39.3 Å². The second-order valence-corrected chi connectivity index (χ2v) is 7.41. The van der Waals surface area contributed by atoms with Crippen molar-refractivity contribution in [3.05, 3.63) is 95.4 Å². The molecule has 0 bridgehead atoms. The molecule has 0 saturated heterocycles. The Labute approximate surface area is 183 Å². The van der Waals surface area contributed by atoms with Crippen LogP contribution in [0.4, 0.5) is 5.69 Å². The average molecular weight is 425 g/mol. The fourth-order valence-corrected chi connectivity index (χ4v) is 3.74. The van der Waals surface area contributed by atoms with Crippen LogP contribution in [0.25, 0.3) is 21.9 Å². The zero-order chi connectivity index (χ0) is 22.2. The first-order chi connectivity index (χ1) is 15.5. The Morgan fingerprint density at radius 2 is 1.72 bits per heavy atom. The van der Waals surface area contributed by atoms with Crippen molar-refractivity contribution in [3.8, 4) is 5.75 Å². The van der Waals surface area contributed by atoms with Crippen molar-refractivity contribution in [2.45, 2.75) is 6.92 Å². The van der Waals surface area contributed by atoms with Crippen LogP contribution in [-0.2, 0) is 0 Å². The number of carbonyl (C=O) groups is 2. The Morgan fingerprint density at radius 3 is 2.50 bits per heavy atom. The summed E-state index contributed by atoms with van der Waals surface area (Å²) >= 11 is 0. The summed E-state index contributed by atoms with van der Waals surface area (Å²) in [6.07, 6.45) is 0. The van der Waals surface area contributed by atoms with E-state index in [9.17, 15) is 9.59 Å². The molecule has 0 atom stereocenters. The van der Waals surface area contributed by atoms with Crippen molar-refractivity contribution in [1.82, 2.24) is 0 Å². The van der Waals surface area contributed by atoms with E-state index in [2.05, 4.69) is 5.32 Å². The third kappa shape index (κ3) is 3.32. The van der Waals surface area contributed by atoms with Gasteiger partial charge in [0.05, 0.1) is 7.11 Å². The van der Waals surface area contributed by atoms with Crippen LogP contribution in [0, 0.1) is 6.92 Å². The number of ketones is 1. The number of hydrogen-bond donors (Lipinski definition) is 1. The van der Waals surface area contributed by atoms with E-state index < -0.39 is 5.91 Å². The normalized spacial score (nSPS) is 11.1. The van der Waals surface area contributed by atoms with Gasteiger partial charge in [-0.1, -0.05) is 42.5 Å². The van der Waals surface area contributed by atoms with Gasteiger partial charge in [0, 0.05) is 33.7 Å². The molecular weight excluding hydrogens is 406 g/mol. The molecule has 6 nitrogen and oxygen atoms in total. The molecule has 2 aromatic heterocycles. The van der Waals surface area contributed by atoms with Crippen LogP contribution in [0.1, 0.15) is 32.2 Å². The van der Waals surface area contributed by atoms with E-state index in [1.165, 1.54) is 0 Å². The molecule has 0 aliphatic heterocycles. The zero-order valence-corrected chi connectivity index (χ0v) is 17.5. The van der Waals surface area contributed by atoms with Crippen LogP contribution < -0.4 is 10.1 Å². The Kier molecular flexibility index (Phi) is 4.75. The number of fused-ring (bicyclic) bond motifs is 2. The van der Waals surface area contributed by atoms with Gasteiger partial charge in [-0.2, -0.15) is 0 Å². The highest BCUT2D eigenvalue weighted by atomic mass is 16.5. The largest absolute Gasteiger partial charge is 0.493 e. The Balaban J connectivity index is 1.44. The molecule has 158 valence electrons. The molecule has 0 saturated carbocycles. The number of benzene rings is 3. The van der Waals surface area contributed by atoms with E-state index in [4.69, 9.17) is 13.6 Å². The highest BCUT2D eigenvalue weighted by molar-refractivity contribution is 6.11. The first-order valence-corrected chi connectivity index (χ1v) is 10.1. The molecule has 0 aliphatic carbocycles. The van der Waals surface area contributed by atoms with Crippen LogP contribution >= 0.6 is 0 Å². The summed E-state index contributed by atoms with van der Waals surface area (Å²) in [4.78, 5) is 25.6. The van der Waals surface area contributed by atoms with Gasteiger partial charge in [0.25, 0.3) is 5.91 Å². The van der Waals surface area contributed by atoms with Crippen LogP contribution in [0.5, 0.6) is 5.75 Å². The maximum Gasteiger partial charge on any atom is 0.291 e. The third-order valence-corrected chi connectivity index (χ3v) is 5.39. The summed E-state index contributed by atoms with van der Waals surface area (Å²) in [5.74, 6) is 0.441. The standard InChI is InChI=1S/C26H19NO5/c1-15-19-12-11-18(14-21(19)31-24(15)23(28)16-7-4-3-5-8-16)27-26(29)22-13-17-9-6-10-20(30-2)25(17)32-22/h3-14H,1-2H3,(H,27,29). The second kappa shape index (κ2) is 7.74. The van der Waals surface area contributed by atoms with Crippen LogP contribution in [0.2, 0.25) is 0 Å². The summed E-state index contributed by atoms with van der Waals surface area (Å²) in [6, 6.07) is 21.4. The maximum atomic E-state index is 12.8. The number of anilines is 1. The average Bonchev–Trinajstić information content (AvgIpc) is 3.40. The molecule has 32 heavy (non-hydrogen) atoms. The van der Waals surface area contributed by atoms with E-state index in [-0.39, 0.29) is 11.5 Å². The van der Waals surface area contributed by atoms with Gasteiger partial charge >= 0.3 is 0 Å². The molecular formula is C26H19NO5. The summed E-state index contributed by atoms with van der Waals surface area (Å²) in [7, 11) is 1.55. The lowest BCUT2D eigenvalue weighted by Crippen LogP contribution is -2.10. The van der Waals surface area contributed by atoms with E-state index in [0.717, 1.165) is 16.3 Å². The molecule has 3 aromatic carbocycles. The van der Waals surface area contributed by atoms with E-state index >= 15 is 0 Å².